The zero-order valence-corrected chi connectivity index (χ0v) is 38.7. The van der Waals surface area contributed by atoms with Crippen LogP contribution in [0, 0.1) is 17.8 Å². The molecule has 0 radical (unpaired) electrons. The molecule has 0 saturated carbocycles. The van der Waals surface area contributed by atoms with Crippen LogP contribution in [0.4, 0.5) is 14.4 Å². The lowest BCUT2D eigenvalue weighted by Crippen LogP contribution is -2.59. The van der Waals surface area contributed by atoms with E-state index in [-0.39, 0.29) is 30.2 Å². The number of nitrogens with one attached hydrogen (secondary N) is 1. The Morgan fingerprint density at radius 3 is 2.44 bits per heavy atom. The molecule has 2 aromatic rings. The molecule has 0 aliphatic carbocycles. The Morgan fingerprint density at radius 2 is 1.80 bits per heavy atom. The maximum absolute atomic E-state index is 14.3. The van der Waals surface area contributed by atoms with E-state index in [0.29, 0.717) is 57.5 Å². The van der Waals surface area contributed by atoms with Gasteiger partial charge in [-0.25, -0.2) is 4.79 Å². The van der Waals surface area contributed by atoms with E-state index in [1.165, 1.54) is 13.2 Å². The van der Waals surface area contributed by atoms with Gasteiger partial charge in [-0.05, 0) is 98.5 Å². The first-order valence-electron chi connectivity index (χ1n) is 21.4. The van der Waals surface area contributed by atoms with Crippen LogP contribution in [0.3, 0.4) is 0 Å². The number of unbranched alkanes of at least 4 members (excludes halogenated alkanes) is 1. The molecule has 16 nitrogen and oxygen atoms in total. The summed E-state index contributed by atoms with van der Waals surface area (Å²) in [6.07, 6.45) is 1.63. The molecule has 3 saturated heterocycles. The van der Waals surface area contributed by atoms with Crippen molar-refractivity contribution in [2.75, 3.05) is 52.8 Å². The molecular formula is C43H70FN7O9S. The van der Waals surface area contributed by atoms with E-state index in [9.17, 15) is 23.4 Å². The number of Topliss-reactive ketones (excluding diaryl/α,β-unsaturated/α-hetero) is 1. The van der Waals surface area contributed by atoms with Crippen LogP contribution in [0.2, 0.25) is 0 Å². The van der Waals surface area contributed by atoms with Crippen molar-refractivity contribution in [3.63, 3.8) is 0 Å². The number of rotatable bonds is 11. The van der Waals surface area contributed by atoms with Crippen LogP contribution < -0.4 is 11.1 Å². The number of benzene rings is 1. The van der Waals surface area contributed by atoms with E-state index in [4.69, 9.17) is 29.4 Å². The number of hydrogen-bond donors (Lipinski definition) is 3. The highest BCUT2D eigenvalue weighted by atomic mass is 32.2. The summed E-state index contributed by atoms with van der Waals surface area (Å²) < 4.78 is 43.3. The average molecular weight is 880 g/mol. The minimum absolute atomic E-state index is 0.00373. The number of aliphatic hydroxyl groups is 1. The maximum Gasteiger partial charge on any atom is 0.410 e. The molecule has 12 atom stereocenters. The van der Waals surface area contributed by atoms with Gasteiger partial charge in [0, 0.05) is 68.4 Å². The number of aryl methyl sites for hydroxylation is 1. The molecule has 4 heterocycles. The predicted molar refractivity (Wildman–Crippen MR) is 232 cm³/mol. The van der Waals surface area contributed by atoms with Gasteiger partial charge in [0.1, 0.15) is 23.8 Å². The van der Waals surface area contributed by atoms with Crippen LogP contribution in [-0.2, 0) is 39.8 Å². The number of aliphatic hydroxyl groups excluding tert-OH is 1. The van der Waals surface area contributed by atoms with Crippen molar-refractivity contribution in [1.29, 1.82) is 0 Å². The molecule has 61 heavy (non-hydrogen) atoms. The number of carbonyl (C=O) groups is 3. The number of cyclic esters (lactones) is 1. The summed E-state index contributed by atoms with van der Waals surface area (Å²) in [7, 11) is 5.39. The van der Waals surface area contributed by atoms with Crippen molar-refractivity contribution >= 4 is 35.7 Å². The normalized spacial score (nSPS) is 34.1. The van der Waals surface area contributed by atoms with Crippen LogP contribution >= 0.6 is 12.1 Å². The van der Waals surface area contributed by atoms with Gasteiger partial charge < -0.3 is 44.7 Å². The monoisotopic (exact) mass is 879 g/mol. The zero-order chi connectivity index (χ0) is 45.2. The number of halogens is 1. The minimum Gasteiger partial charge on any atom is -0.458 e. The molecule has 1 amide bonds. The highest BCUT2D eigenvalue weighted by Crippen LogP contribution is 2.39. The number of fused-ring (bicyclic) bond motifs is 1. The fourth-order valence-corrected chi connectivity index (χ4v) is 9.03. The fourth-order valence-electron chi connectivity index (χ4n) is 9.03. The molecule has 3 aliphatic rings. The summed E-state index contributed by atoms with van der Waals surface area (Å²) in [6, 6.07) is 6.78. The number of hydrogen-bond acceptors (Lipinski definition) is 15. The van der Waals surface area contributed by atoms with Gasteiger partial charge in [-0.3, -0.25) is 19.2 Å². The Kier molecular flexibility index (Phi) is 18.4. The maximum atomic E-state index is 14.3. The third-order valence-electron chi connectivity index (χ3n) is 12.5. The molecule has 2 unspecified atom stereocenters. The Hall–Kier alpha value is -3.39. The SMILES string of the molecule is CC[C@H]1OC(=O)[C@H](C)C(=O)[C@H](C)[C@@H](O[C@@H]2O[C@H](C)CC(N(C)C)C2O)[C@](C)(OC)C[C@@H](C)CNC[C@H]2N(CCCCn3cc(-c4cccc(N)c4)nn3)C(=O)O[C@]12C.CSF. The molecular weight excluding hydrogens is 810 g/mol. The molecule has 1 aromatic heterocycles. The van der Waals surface area contributed by atoms with Gasteiger partial charge in [-0.1, -0.05) is 38.1 Å². The van der Waals surface area contributed by atoms with Crippen LogP contribution in [0.15, 0.2) is 30.5 Å². The quantitative estimate of drug-likeness (QED) is 0.116. The third-order valence-corrected chi connectivity index (χ3v) is 12.5. The van der Waals surface area contributed by atoms with Gasteiger partial charge >= 0.3 is 12.1 Å². The summed E-state index contributed by atoms with van der Waals surface area (Å²) >= 11 is 0.250. The van der Waals surface area contributed by atoms with Gasteiger partial charge in [-0.2, -0.15) is 3.89 Å². The number of amides is 1. The molecule has 0 bridgehead atoms. The van der Waals surface area contributed by atoms with Crippen molar-refractivity contribution in [1.82, 2.24) is 30.1 Å². The number of aromatic nitrogens is 3. The highest BCUT2D eigenvalue weighted by molar-refractivity contribution is 7.93. The van der Waals surface area contributed by atoms with Gasteiger partial charge in [0.2, 0.25) is 0 Å². The topological polar surface area (TPSA) is 193 Å². The number of nitrogens with two attached hydrogens (primary N) is 1. The molecule has 3 fully saturated rings. The second-order valence-corrected chi connectivity index (χ2v) is 17.8. The number of methoxy groups -OCH3 is 1. The summed E-state index contributed by atoms with van der Waals surface area (Å²) in [4.78, 5) is 45.6. The number of ketones is 1. The third kappa shape index (κ3) is 12.2. The number of nitrogen functional groups attached to an aromatic ring is 1. The first-order chi connectivity index (χ1) is 28.8. The molecule has 5 rings (SSSR count). The van der Waals surface area contributed by atoms with E-state index >= 15 is 0 Å². The number of ether oxygens (including phenoxy) is 5. The van der Waals surface area contributed by atoms with Crippen molar-refractivity contribution in [2.45, 2.75) is 141 Å². The van der Waals surface area contributed by atoms with Crippen molar-refractivity contribution in [3.8, 4) is 11.3 Å². The second-order valence-electron chi connectivity index (χ2n) is 17.5. The van der Waals surface area contributed by atoms with E-state index in [0.717, 1.165) is 17.7 Å². The molecule has 18 heteroatoms. The zero-order valence-electron chi connectivity index (χ0n) is 37.8. The number of likely N-dealkylation sites (N-methyl/N-ethyl adjacent to an activating group) is 1. The first-order valence-corrected chi connectivity index (χ1v) is 22.5. The molecule has 4 N–H and O–H groups in total. The van der Waals surface area contributed by atoms with Gasteiger partial charge in [-0.15, -0.1) is 5.10 Å². The lowest BCUT2D eigenvalue weighted by Gasteiger charge is -2.46. The molecule has 1 aromatic carbocycles. The number of nitrogens with zero attached hydrogens (tertiary/aromatic N) is 5. The predicted octanol–water partition coefficient (Wildman–Crippen LogP) is 5.13. The van der Waals surface area contributed by atoms with Crippen LogP contribution in [-0.4, -0.2) is 149 Å². The molecule has 3 aliphatic heterocycles. The van der Waals surface area contributed by atoms with Gasteiger partial charge in [0.05, 0.1) is 30.0 Å². The minimum atomic E-state index is -1.20. The molecule has 0 spiro atoms. The average Bonchev–Trinajstić information content (AvgIpc) is 3.78. The van der Waals surface area contributed by atoms with Gasteiger partial charge in [0.25, 0.3) is 0 Å². The van der Waals surface area contributed by atoms with Crippen LogP contribution in [0.25, 0.3) is 11.3 Å². The largest absolute Gasteiger partial charge is 0.458 e. The van der Waals surface area contributed by atoms with Crippen molar-refractivity contribution < 1.29 is 47.1 Å². The van der Waals surface area contributed by atoms with E-state index in [2.05, 4.69) is 22.6 Å². The Labute approximate surface area is 365 Å². The van der Waals surface area contributed by atoms with Crippen LogP contribution in [0.5, 0.6) is 0 Å². The fraction of sp³-hybridized carbons (Fsp3) is 0.744. The van der Waals surface area contributed by atoms with Crippen molar-refractivity contribution in [3.05, 3.63) is 30.5 Å². The standard InChI is InChI=1S/C42H67N7O9.CH3FS/c1-11-34-42(7)33(49(40(53)58-42)18-13-12-17-48-24-31(45-46-48)29-15-14-16-30(43)20-29)23-44-22-25(2)21-41(6,54-10)37(27(4)35(50)28(5)38(52)56-34)57-39-36(51)32(47(8)9)19-26(3)55-39;1-3-2/h14-16,20,24-28,32-34,36-37,39,44,51H,11-13,17-19,21-23,43H2,1-10H3;1H3/t25-,26-,27+,28-,32?,33-,34-,36?,37-,39+,41-,42+;/m1./s1. The van der Waals surface area contributed by atoms with E-state index in [1.807, 2.05) is 77.2 Å². The Balaban J connectivity index is 0.00000265. The number of anilines is 1. The van der Waals surface area contributed by atoms with E-state index in [1.54, 1.807) is 23.6 Å². The highest BCUT2D eigenvalue weighted by Gasteiger charge is 2.57. The summed E-state index contributed by atoms with van der Waals surface area (Å²) in [5, 5.41) is 23.6. The van der Waals surface area contributed by atoms with Crippen molar-refractivity contribution in [2.24, 2.45) is 17.8 Å². The van der Waals surface area contributed by atoms with Gasteiger partial charge in [0.15, 0.2) is 17.7 Å². The summed E-state index contributed by atoms with van der Waals surface area (Å²) in [6.45, 7) is 14.8. The smallest absolute Gasteiger partial charge is 0.410 e. The molecule has 344 valence electrons. The summed E-state index contributed by atoms with van der Waals surface area (Å²) in [5.41, 5.74) is 5.98. The first kappa shape index (κ1) is 50.3. The number of esters is 1. The van der Waals surface area contributed by atoms with Crippen LogP contribution in [0.1, 0.15) is 80.6 Å². The lowest BCUT2D eigenvalue weighted by molar-refractivity contribution is -0.295. The Bertz CT molecular complexity index is 1740. The lowest BCUT2D eigenvalue weighted by atomic mass is 9.78. The summed E-state index contributed by atoms with van der Waals surface area (Å²) in [5.74, 6) is -3.13. The number of carbonyl (C=O) groups excluding carboxylic acids is 3. The second kappa shape index (κ2) is 22.3. The Morgan fingerprint density at radius 1 is 1.11 bits per heavy atom. The van der Waals surface area contributed by atoms with E-state index < -0.39 is 71.5 Å².